The number of aliphatic hydroxyl groups is 1. The minimum absolute atomic E-state index is 0.284. The van der Waals surface area contributed by atoms with Gasteiger partial charge >= 0.3 is 0 Å². The molecule has 2 aromatic rings. The summed E-state index contributed by atoms with van der Waals surface area (Å²) in [6, 6.07) is 3.38. The van der Waals surface area contributed by atoms with Crippen molar-refractivity contribution in [1.29, 1.82) is 0 Å². The Hall–Kier alpha value is -1.46. The van der Waals surface area contributed by atoms with Crippen molar-refractivity contribution < 1.29 is 9.63 Å². The lowest BCUT2D eigenvalue weighted by atomic mass is 10.2. The molecule has 6 heteroatoms. The number of pyridine rings is 1. The number of hydrogen-bond acceptors (Lipinski definition) is 5. The topological polar surface area (TPSA) is 72.0 Å². The van der Waals surface area contributed by atoms with Crippen LogP contribution in [0.4, 0.5) is 0 Å². The lowest BCUT2D eigenvalue weighted by molar-refractivity contribution is 0.153. The first kappa shape index (κ1) is 12.0. The second-order valence-corrected chi connectivity index (χ2v) is 4.06. The molecule has 0 aliphatic rings. The molecule has 0 saturated heterocycles. The van der Waals surface area contributed by atoms with E-state index in [-0.39, 0.29) is 5.89 Å². The van der Waals surface area contributed by atoms with Crippen LogP contribution >= 0.6 is 11.6 Å². The van der Waals surface area contributed by atoms with Gasteiger partial charge in [-0.15, -0.1) is 0 Å². The smallest absolute Gasteiger partial charge is 0.276 e. The summed E-state index contributed by atoms with van der Waals surface area (Å²) >= 11 is 5.73. The van der Waals surface area contributed by atoms with E-state index >= 15 is 0 Å². The Kier molecular flexibility index (Phi) is 3.71. The quantitative estimate of drug-likeness (QED) is 0.907. The summed E-state index contributed by atoms with van der Waals surface area (Å²) < 4.78 is 5.03. The largest absolute Gasteiger partial charge is 0.385 e. The summed E-state index contributed by atoms with van der Waals surface area (Å²) in [6.07, 6.45) is 2.27. The molecule has 2 rings (SSSR count). The van der Waals surface area contributed by atoms with E-state index in [0.29, 0.717) is 23.0 Å². The maximum absolute atomic E-state index is 9.70. The number of nitrogens with zero attached hydrogens (tertiary/aromatic N) is 3. The summed E-state index contributed by atoms with van der Waals surface area (Å²) in [4.78, 5) is 8.15. The highest BCUT2D eigenvalue weighted by Gasteiger charge is 2.16. The van der Waals surface area contributed by atoms with Gasteiger partial charge in [0.15, 0.2) is 0 Å². The monoisotopic (exact) mass is 253 g/mol. The van der Waals surface area contributed by atoms with Crippen molar-refractivity contribution in [2.75, 3.05) is 0 Å². The van der Waals surface area contributed by atoms with Crippen molar-refractivity contribution in [3.63, 3.8) is 0 Å². The highest BCUT2D eigenvalue weighted by atomic mass is 35.5. The van der Waals surface area contributed by atoms with Gasteiger partial charge in [-0.25, -0.2) is 4.98 Å². The summed E-state index contributed by atoms with van der Waals surface area (Å²) in [6.45, 7) is 1.98. The molecule has 1 unspecified atom stereocenters. The summed E-state index contributed by atoms with van der Waals surface area (Å²) in [7, 11) is 0. The third-order valence-corrected chi connectivity index (χ3v) is 2.47. The molecule has 90 valence electrons. The van der Waals surface area contributed by atoms with E-state index < -0.39 is 6.10 Å². The maximum Gasteiger partial charge on any atom is 0.276 e. The molecule has 5 nitrogen and oxygen atoms in total. The van der Waals surface area contributed by atoms with E-state index in [1.54, 1.807) is 12.1 Å². The Bertz CT molecular complexity index is 484. The number of halogens is 1. The van der Waals surface area contributed by atoms with E-state index in [9.17, 15) is 5.11 Å². The number of aliphatic hydroxyl groups excluding tert-OH is 1. The van der Waals surface area contributed by atoms with Crippen LogP contribution in [0.25, 0.3) is 11.6 Å². The predicted octanol–water partition coefficient (Wildman–Crippen LogP) is 2.62. The molecule has 0 aliphatic heterocycles. The van der Waals surface area contributed by atoms with Crippen LogP contribution in [0.3, 0.4) is 0 Å². The number of aromatic nitrogens is 3. The van der Waals surface area contributed by atoms with Gasteiger partial charge in [0.2, 0.25) is 5.82 Å². The van der Waals surface area contributed by atoms with Gasteiger partial charge in [-0.1, -0.05) is 30.1 Å². The van der Waals surface area contributed by atoms with Gasteiger partial charge in [-0.05, 0) is 18.6 Å². The SMILES string of the molecule is CCCC(O)c1noc(-c2ccc(Cl)cn2)n1. The first-order chi connectivity index (χ1) is 8.20. The van der Waals surface area contributed by atoms with E-state index in [4.69, 9.17) is 16.1 Å². The van der Waals surface area contributed by atoms with Crippen LogP contribution in [-0.2, 0) is 0 Å². The molecular weight excluding hydrogens is 242 g/mol. The van der Waals surface area contributed by atoms with Gasteiger partial charge in [0.1, 0.15) is 11.8 Å². The van der Waals surface area contributed by atoms with Crippen molar-refractivity contribution in [2.45, 2.75) is 25.9 Å². The highest BCUT2D eigenvalue weighted by molar-refractivity contribution is 6.30. The molecule has 0 saturated carbocycles. The predicted molar refractivity (Wildman–Crippen MR) is 62.4 cm³/mol. The molecule has 2 heterocycles. The van der Waals surface area contributed by atoms with Gasteiger partial charge < -0.3 is 9.63 Å². The summed E-state index contributed by atoms with van der Waals surface area (Å²) in [5.41, 5.74) is 0.539. The van der Waals surface area contributed by atoms with Gasteiger partial charge in [0.25, 0.3) is 5.89 Å². The van der Waals surface area contributed by atoms with Gasteiger partial charge in [-0.3, -0.25) is 0 Å². The Labute approximate surface area is 103 Å². The second kappa shape index (κ2) is 5.25. The highest BCUT2D eigenvalue weighted by Crippen LogP contribution is 2.20. The van der Waals surface area contributed by atoms with Crippen LogP contribution in [0.15, 0.2) is 22.9 Å². The summed E-state index contributed by atoms with van der Waals surface area (Å²) in [5.74, 6) is 0.574. The molecule has 17 heavy (non-hydrogen) atoms. The zero-order valence-electron chi connectivity index (χ0n) is 9.30. The van der Waals surface area contributed by atoms with Crippen LogP contribution in [0.2, 0.25) is 5.02 Å². The van der Waals surface area contributed by atoms with Gasteiger partial charge in [0.05, 0.1) is 5.02 Å². The third kappa shape index (κ3) is 2.81. The molecule has 0 amide bonds. The molecule has 0 aliphatic carbocycles. The molecule has 2 aromatic heterocycles. The Morgan fingerprint density at radius 2 is 2.29 bits per heavy atom. The van der Waals surface area contributed by atoms with E-state index in [2.05, 4.69) is 15.1 Å². The number of hydrogen-bond donors (Lipinski definition) is 1. The Balaban J connectivity index is 2.20. The van der Waals surface area contributed by atoms with Crippen molar-refractivity contribution in [2.24, 2.45) is 0 Å². The Morgan fingerprint density at radius 1 is 1.47 bits per heavy atom. The normalized spacial score (nSPS) is 12.6. The fraction of sp³-hybridized carbons (Fsp3) is 0.364. The molecule has 1 atom stereocenters. The lowest BCUT2D eigenvalue weighted by Gasteiger charge is -2.01. The van der Waals surface area contributed by atoms with Crippen molar-refractivity contribution >= 4 is 11.6 Å². The second-order valence-electron chi connectivity index (χ2n) is 3.62. The average molecular weight is 254 g/mol. The minimum atomic E-state index is -0.690. The molecule has 0 bridgehead atoms. The van der Waals surface area contributed by atoms with Crippen LogP contribution in [0.1, 0.15) is 31.7 Å². The maximum atomic E-state index is 9.70. The van der Waals surface area contributed by atoms with Crippen molar-refractivity contribution in [3.8, 4) is 11.6 Å². The average Bonchev–Trinajstić information content (AvgIpc) is 2.80. The molecular formula is C11H12ClN3O2. The van der Waals surface area contributed by atoms with Crippen molar-refractivity contribution in [1.82, 2.24) is 15.1 Å². The van der Waals surface area contributed by atoms with Crippen LogP contribution in [-0.4, -0.2) is 20.2 Å². The zero-order valence-corrected chi connectivity index (χ0v) is 10.1. The first-order valence-electron chi connectivity index (χ1n) is 5.34. The lowest BCUT2D eigenvalue weighted by Crippen LogP contribution is -1.98. The van der Waals surface area contributed by atoms with E-state index in [1.807, 2.05) is 6.92 Å². The van der Waals surface area contributed by atoms with Crippen molar-refractivity contribution in [3.05, 3.63) is 29.2 Å². The minimum Gasteiger partial charge on any atom is -0.385 e. The fourth-order valence-electron chi connectivity index (χ4n) is 1.38. The molecule has 0 fully saturated rings. The number of rotatable bonds is 4. The van der Waals surface area contributed by atoms with Gasteiger partial charge in [0, 0.05) is 6.20 Å². The Morgan fingerprint density at radius 3 is 2.94 bits per heavy atom. The van der Waals surface area contributed by atoms with Gasteiger partial charge in [-0.2, -0.15) is 4.98 Å². The van der Waals surface area contributed by atoms with E-state index in [0.717, 1.165) is 6.42 Å². The fourth-order valence-corrected chi connectivity index (χ4v) is 1.49. The summed E-state index contributed by atoms with van der Waals surface area (Å²) in [5, 5.41) is 14.0. The zero-order chi connectivity index (χ0) is 12.3. The third-order valence-electron chi connectivity index (χ3n) is 2.25. The van der Waals surface area contributed by atoms with Crippen LogP contribution in [0.5, 0.6) is 0 Å². The first-order valence-corrected chi connectivity index (χ1v) is 5.72. The molecule has 0 aromatic carbocycles. The molecule has 0 spiro atoms. The van der Waals surface area contributed by atoms with Crippen LogP contribution < -0.4 is 0 Å². The molecule has 0 radical (unpaired) electrons. The van der Waals surface area contributed by atoms with E-state index in [1.165, 1.54) is 6.20 Å². The molecule has 1 N–H and O–H groups in total. The van der Waals surface area contributed by atoms with Crippen LogP contribution in [0, 0.1) is 0 Å². The standard InChI is InChI=1S/C11H12ClN3O2/c1-2-3-9(16)10-14-11(17-15-10)8-5-4-7(12)6-13-8/h4-6,9,16H,2-3H2,1H3.